The highest BCUT2D eigenvalue weighted by molar-refractivity contribution is 5.83. The Bertz CT molecular complexity index is 975. The maximum Gasteiger partial charge on any atom is 0.244 e. The van der Waals surface area contributed by atoms with Crippen LogP contribution in [-0.4, -0.2) is 59.1 Å². The van der Waals surface area contributed by atoms with Crippen LogP contribution in [0.3, 0.4) is 0 Å². The van der Waals surface area contributed by atoms with Crippen molar-refractivity contribution in [3.8, 4) is 11.4 Å². The lowest BCUT2D eigenvalue weighted by Gasteiger charge is -2.38. The van der Waals surface area contributed by atoms with Crippen LogP contribution in [-0.2, 0) is 9.59 Å². The highest BCUT2D eigenvalue weighted by atomic mass is 16.5. The number of carbonyl (C=O) groups excluding carboxylic acids is 2. The van der Waals surface area contributed by atoms with Gasteiger partial charge in [-0.15, -0.1) is 0 Å². The van der Waals surface area contributed by atoms with Crippen molar-refractivity contribution in [1.29, 1.82) is 0 Å². The lowest BCUT2D eigenvalue weighted by atomic mass is 9.88. The Kier molecular flexibility index (Phi) is 5.03. The van der Waals surface area contributed by atoms with E-state index in [-0.39, 0.29) is 42.0 Å². The van der Waals surface area contributed by atoms with E-state index in [1.807, 2.05) is 30.5 Å². The molecule has 4 atom stereocenters. The number of amides is 2. The minimum absolute atomic E-state index is 0.00386. The number of ether oxygens (including phenoxy) is 1. The van der Waals surface area contributed by atoms with Crippen molar-refractivity contribution in [2.45, 2.75) is 37.6 Å². The van der Waals surface area contributed by atoms with Crippen LogP contribution in [0, 0.1) is 11.8 Å². The van der Waals surface area contributed by atoms with Gasteiger partial charge >= 0.3 is 0 Å². The fourth-order valence-corrected chi connectivity index (χ4v) is 4.48. The van der Waals surface area contributed by atoms with Crippen LogP contribution in [0.5, 0.6) is 5.75 Å². The molecule has 1 aromatic heterocycles. The average molecular weight is 425 g/mol. The lowest BCUT2D eigenvalue weighted by molar-refractivity contribution is -0.131. The molecule has 1 aliphatic carbocycles. The third-order valence-electron chi connectivity index (χ3n) is 6.17. The number of nitrogens with zero attached hydrogens (tertiary/aromatic N) is 3. The zero-order valence-corrected chi connectivity index (χ0v) is 17.5. The van der Waals surface area contributed by atoms with Crippen LogP contribution in [0.1, 0.15) is 19.3 Å². The minimum atomic E-state index is -0.322. The van der Waals surface area contributed by atoms with Crippen molar-refractivity contribution in [2.24, 2.45) is 11.8 Å². The molecule has 2 amide bonds. The molecule has 4 N–H and O–H groups in total. The molecule has 164 valence electrons. The number of piperidine rings is 1. The maximum absolute atomic E-state index is 12.8. The molecule has 0 radical (unpaired) electrons. The van der Waals surface area contributed by atoms with Crippen LogP contribution < -0.4 is 26.1 Å². The largest absolute Gasteiger partial charge is 0.492 e. The molecule has 2 saturated heterocycles. The minimum Gasteiger partial charge on any atom is -0.492 e. The van der Waals surface area contributed by atoms with Crippen molar-refractivity contribution in [3.63, 3.8) is 0 Å². The third-order valence-corrected chi connectivity index (χ3v) is 6.17. The number of hydrazine groups is 1. The summed E-state index contributed by atoms with van der Waals surface area (Å²) in [4.78, 5) is 25.2. The van der Waals surface area contributed by atoms with Gasteiger partial charge in [-0.3, -0.25) is 19.9 Å². The van der Waals surface area contributed by atoms with Crippen LogP contribution >= 0.6 is 0 Å². The summed E-state index contributed by atoms with van der Waals surface area (Å²) >= 11 is 0. The van der Waals surface area contributed by atoms with Gasteiger partial charge in [-0.25, -0.2) is 10.1 Å². The van der Waals surface area contributed by atoms with E-state index in [0.29, 0.717) is 12.2 Å². The molecular weight excluding hydrogens is 398 g/mol. The molecule has 1 saturated carbocycles. The van der Waals surface area contributed by atoms with E-state index < -0.39 is 0 Å². The smallest absolute Gasteiger partial charge is 0.244 e. The van der Waals surface area contributed by atoms with E-state index in [1.54, 1.807) is 25.0 Å². The molecule has 5 rings (SSSR count). The first-order chi connectivity index (χ1) is 15.0. The summed E-state index contributed by atoms with van der Waals surface area (Å²) in [5.41, 5.74) is 4.74. The first-order valence-electron chi connectivity index (χ1n) is 10.6. The third kappa shape index (κ3) is 3.72. The summed E-state index contributed by atoms with van der Waals surface area (Å²) in [6.45, 7) is 0. The number of methoxy groups -OCH3 is 1. The number of fused-ring (bicyclic) bond motifs is 1. The predicted molar refractivity (Wildman–Crippen MR) is 113 cm³/mol. The quantitative estimate of drug-likeness (QED) is 0.531. The molecule has 3 heterocycles. The normalized spacial score (nSPS) is 27.7. The van der Waals surface area contributed by atoms with E-state index in [2.05, 4.69) is 26.5 Å². The van der Waals surface area contributed by atoms with Gasteiger partial charge in [0.25, 0.3) is 0 Å². The summed E-state index contributed by atoms with van der Waals surface area (Å²) in [6.07, 6.45) is 5.52. The first-order valence-corrected chi connectivity index (χ1v) is 10.6. The molecule has 0 spiro atoms. The van der Waals surface area contributed by atoms with Crippen molar-refractivity contribution in [3.05, 3.63) is 36.7 Å². The molecule has 2 aromatic rings. The number of aromatic nitrogens is 2. The van der Waals surface area contributed by atoms with E-state index in [9.17, 15) is 9.59 Å². The standard InChI is InChI=1S/C21H27N7O3/c1-27-21(30)17-14(11-16(24-19(17)26-27)25-20(29)12-7-8-12)23-13-5-3-6-15(18(13)31-2)28-10-4-9-22-28/h3-6,9-10,12,14,16-17,19,23-24,26H,7-8,11H2,1-2H3,(H,25,29). The average Bonchev–Trinajstić information content (AvgIpc) is 3.39. The topological polar surface area (TPSA) is 113 Å². The second-order valence-corrected chi connectivity index (χ2v) is 8.33. The molecule has 0 bridgehead atoms. The Morgan fingerprint density at radius 1 is 1.29 bits per heavy atom. The summed E-state index contributed by atoms with van der Waals surface area (Å²) in [5, 5.41) is 15.8. The molecule has 3 aliphatic rings. The van der Waals surface area contributed by atoms with Gasteiger partial charge < -0.3 is 15.4 Å². The SMILES string of the molecule is COc1c(NC2CC(NC(=O)C3CC3)NC3NN(C)C(=O)C23)cccc1-n1cccn1. The Balaban J connectivity index is 1.42. The number of carbonyl (C=O) groups is 2. The Morgan fingerprint density at radius 2 is 2.13 bits per heavy atom. The van der Waals surface area contributed by atoms with Gasteiger partial charge in [-0.2, -0.15) is 5.10 Å². The number of para-hydroxylation sites is 1. The second-order valence-electron chi connectivity index (χ2n) is 8.33. The molecule has 31 heavy (non-hydrogen) atoms. The number of rotatable bonds is 6. The summed E-state index contributed by atoms with van der Waals surface area (Å²) in [5.74, 6) is 0.524. The maximum atomic E-state index is 12.8. The van der Waals surface area contributed by atoms with Crippen molar-refractivity contribution in [2.75, 3.05) is 19.5 Å². The van der Waals surface area contributed by atoms with E-state index in [1.165, 1.54) is 5.01 Å². The van der Waals surface area contributed by atoms with Gasteiger partial charge in [0.1, 0.15) is 5.69 Å². The highest BCUT2D eigenvalue weighted by Crippen LogP contribution is 2.35. The highest BCUT2D eigenvalue weighted by Gasteiger charge is 2.49. The zero-order valence-electron chi connectivity index (χ0n) is 17.5. The fourth-order valence-electron chi connectivity index (χ4n) is 4.48. The Morgan fingerprint density at radius 3 is 2.84 bits per heavy atom. The van der Waals surface area contributed by atoms with Crippen molar-refractivity contribution >= 4 is 17.5 Å². The van der Waals surface area contributed by atoms with Gasteiger partial charge in [0.2, 0.25) is 11.8 Å². The number of benzene rings is 1. The molecule has 2 aliphatic heterocycles. The van der Waals surface area contributed by atoms with E-state index in [0.717, 1.165) is 24.2 Å². The fraction of sp³-hybridized carbons (Fsp3) is 0.476. The van der Waals surface area contributed by atoms with Crippen LogP contribution in [0.15, 0.2) is 36.7 Å². The van der Waals surface area contributed by atoms with E-state index >= 15 is 0 Å². The van der Waals surface area contributed by atoms with Crippen LogP contribution in [0.4, 0.5) is 5.69 Å². The lowest BCUT2D eigenvalue weighted by Crippen LogP contribution is -2.63. The van der Waals surface area contributed by atoms with Crippen LogP contribution in [0.2, 0.25) is 0 Å². The summed E-state index contributed by atoms with van der Waals surface area (Å²) < 4.78 is 7.45. The predicted octanol–water partition coefficient (Wildman–Crippen LogP) is 0.426. The van der Waals surface area contributed by atoms with Crippen LogP contribution in [0.25, 0.3) is 5.69 Å². The zero-order chi connectivity index (χ0) is 21.5. The first kappa shape index (κ1) is 19.8. The molecule has 10 heteroatoms. The van der Waals surface area contributed by atoms with Gasteiger partial charge in [0.15, 0.2) is 5.75 Å². The molecule has 3 fully saturated rings. The van der Waals surface area contributed by atoms with Gasteiger partial charge in [0, 0.05) is 37.8 Å². The van der Waals surface area contributed by atoms with Crippen molar-refractivity contribution in [1.82, 2.24) is 30.8 Å². The number of hydrogen-bond donors (Lipinski definition) is 4. The number of hydrogen-bond acceptors (Lipinski definition) is 7. The summed E-state index contributed by atoms with van der Waals surface area (Å²) in [6, 6.07) is 7.42. The van der Waals surface area contributed by atoms with Gasteiger partial charge in [-0.1, -0.05) is 6.07 Å². The monoisotopic (exact) mass is 425 g/mol. The molecule has 1 aromatic carbocycles. The van der Waals surface area contributed by atoms with Crippen molar-refractivity contribution < 1.29 is 14.3 Å². The van der Waals surface area contributed by atoms with E-state index in [4.69, 9.17) is 4.74 Å². The number of anilines is 1. The number of nitrogens with one attached hydrogen (secondary N) is 4. The molecule has 10 nitrogen and oxygen atoms in total. The second kappa shape index (κ2) is 7.86. The Labute approximate surface area is 180 Å². The van der Waals surface area contributed by atoms with Gasteiger partial charge in [-0.05, 0) is 31.0 Å². The molecule has 4 unspecified atom stereocenters. The molecular formula is C21H27N7O3. The van der Waals surface area contributed by atoms with Gasteiger partial charge in [0.05, 0.1) is 31.0 Å². The summed E-state index contributed by atoms with van der Waals surface area (Å²) in [7, 11) is 3.34. The Hall–Kier alpha value is -3.11.